The molecule has 2 aromatic rings. The summed E-state index contributed by atoms with van der Waals surface area (Å²) in [6.07, 6.45) is 1.83. The number of piperidine rings is 1. The molecular weight excluding hydrogens is 324 g/mol. The molecule has 1 aliphatic heterocycles. The van der Waals surface area contributed by atoms with Crippen molar-refractivity contribution >= 4 is 29.1 Å². The fraction of sp³-hybridized carbons (Fsp3) is 0.389. The van der Waals surface area contributed by atoms with Crippen LogP contribution in [0.25, 0.3) is 0 Å². The highest BCUT2D eigenvalue weighted by molar-refractivity contribution is 6.30. The monoisotopic (exact) mass is 344 g/mol. The second-order valence-electron chi connectivity index (χ2n) is 6.23. The maximum absolute atomic E-state index is 12.6. The van der Waals surface area contributed by atoms with Crippen LogP contribution >= 0.6 is 11.6 Å². The summed E-state index contributed by atoms with van der Waals surface area (Å²) in [4.78, 5) is 23.7. The standard InChI is InChI=1S/C18H21ClN4O/c1-12-10-13(2)21-18(20-12)23-9-3-4-14(11-23)17(24)22-16-7-5-15(19)6-8-16/h5-8,10,14H,3-4,9,11H2,1-2H3,(H,22,24)/t14-/m0/s1. The Balaban J connectivity index is 1.68. The van der Waals surface area contributed by atoms with Crippen LogP contribution in [0.4, 0.5) is 11.6 Å². The molecular formula is C18H21ClN4O. The van der Waals surface area contributed by atoms with Gasteiger partial charge >= 0.3 is 0 Å². The van der Waals surface area contributed by atoms with Crippen LogP contribution in [0.5, 0.6) is 0 Å². The normalized spacial score (nSPS) is 17.6. The summed E-state index contributed by atoms with van der Waals surface area (Å²) in [5.74, 6) is 0.682. The Bertz CT molecular complexity index is 712. The van der Waals surface area contributed by atoms with Crippen LogP contribution in [0.1, 0.15) is 24.2 Å². The number of nitrogens with one attached hydrogen (secondary N) is 1. The van der Waals surface area contributed by atoms with Crippen molar-refractivity contribution in [3.63, 3.8) is 0 Å². The van der Waals surface area contributed by atoms with Gasteiger partial charge in [-0.05, 0) is 57.0 Å². The number of amides is 1. The molecule has 2 heterocycles. The van der Waals surface area contributed by atoms with Gasteiger partial charge in [0.05, 0.1) is 5.92 Å². The SMILES string of the molecule is Cc1cc(C)nc(N2CCC[C@H](C(=O)Nc3ccc(Cl)cc3)C2)n1. The molecule has 0 saturated carbocycles. The van der Waals surface area contributed by atoms with Crippen molar-refractivity contribution in [3.8, 4) is 0 Å². The maximum Gasteiger partial charge on any atom is 0.229 e. The molecule has 0 aliphatic carbocycles. The van der Waals surface area contributed by atoms with E-state index in [0.717, 1.165) is 42.4 Å². The van der Waals surface area contributed by atoms with Crippen LogP contribution in [0.2, 0.25) is 5.02 Å². The summed E-state index contributed by atoms with van der Waals surface area (Å²) in [6.45, 7) is 5.45. The molecule has 0 unspecified atom stereocenters. The number of aryl methyl sites for hydroxylation is 2. The zero-order valence-corrected chi connectivity index (χ0v) is 14.7. The molecule has 5 nitrogen and oxygen atoms in total. The number of hydrogen-bond acceptors (Lipinski definition) is 4. The first kappa shape index (κ1) is 16.7. The molecule has 1 aromatic heterocycles. The molecule has 1 saturated heterocycles. The summed E-state index contributed by atoms with van der Waals surface area (Å²) in [5, 5.41) is 3.62. The Hall–Kier alpha value is -2.14. The van der Waals surface area contributed by atoms with Crippen LogP contribution in [-0.4, -0.2) is 29.0 Å². The minimum absolute atomic E-state index is 0.0337. The van der Waals surface area contributed by atoms with Gasteiger partial charge in [0.25, 0.3) is 0 Å². The molecule has 0 radical (unpaired) electrons. The first-order valence-corrected chi connectivity index (χ1v) is 8.53. The minimum Gasteiger partial charge on any atom is -0.340 e. The summed E-state index contributed by atoms with van der Waals surface area (Å²) < 4.78 is 0. The maximum atomic E-state index is 12.6. The van der Waals surface area contributed by atoms with E-state index in [1.54, 1.807) is 12.1 Å². The Morgan fingerprint density at radius 2 is 1.88 bits per heavy atom. The van der Waals surface area contributed by atoms with Crippen molar-refractivity contribution in [1.82, 2.24) is 9.97 Å². The van der Waals surface area contributed by atoms with Crippen molar-refractivity contribution in [2.45, 2.75) is 26.7 Å². The molecule has 0 bridgehead atoms. The molecule has 1 amide bonds. The molecule has 0 spiro atoms. The number of nitrogens with zero attached hydrogens (tertiary/aromatic N) is 3. The predicted molar refractivity (Wildman–Crippen MR) is 96.5 cm³/mol. The van der Waals surface area contributed by atoms with E-state index in [0.29, 0.717) is 11.6 Å². The average Bonchev–Trinajstić information content (AvgIpc) is 2.56. The highest BCUT2D eigenvalue weighted by Crippen LogP contribution is 2.23. The first-order valence-electron chi connectivity index (χ1n) is 8.15. The second-order valence-corrected chi connectivity index (χ2v) is 6.67. The summed E-state index contributed by atoms with van der Waals surface area (Å²) >= 11 is 5.88. The molecule has 1 fully saturated rings. The Kier molecular flexibility index (Phi) is 5.00. The molecule has 1 N–H and O–H groups in total. The van der Waals surface area contributed by atoms with Crippen LogP contribution < -0.4 is 10.2 Å². The highest BCUT2D eigenvalue weighted by Gasteiger charge is 2.27. The fourth-order valence-corrected chi connectivity index (χ4v) is 3.13. The molecule has 6 heteroatoms. The van der Waals surface area contributed by atoms with E-state index in [9.17, 15) is 4.79 Å². The average molecular weight is 345 g/mol. The number of rotatable bonds is 3. The molecule has 1 atom stereocenters. The van der Waals surface area contributed by atoms with E-state index in [1.165, 1.54) is 0 Å². The van der Waals surface area contributed by atoms with E-state index in [-0.39, 0.29) is 11.8 Å². The van der Waals surface area contributed by atoms with E-state index in [1.807, 2.05) is 32.0 Å². The lowest BCUT2D eigenvalue weighted by molar-refractivity contribution is -0.120. The van der Waals surface area contributed by atoms with E-state index < -0.39 is 0 Å². The van der Waals surface area contributed by atoms with Crippen LogP contribution in [0.15, 0.2) is 30.3 Å². The first-order chi connectivity index (χ1) is 11.5. The summed E-state index contributed by atoms with van der Waals surface area (Å²) in [6, 6.07) is 9.13. The summed E-state index contributed by atoms with van der Waals surface area (Å²) in [7, 11) is 0. The molecule has 126 valence electrons. The quantitative estimate of drug-likeness (QED) is 0.924. The number of halogens is 1. The van der Waals surface area contributed by atoms with Gasteiger partial charge in [-0.15, -0.1) is 0 Å². The van der Waals surface area contributed by atoms with Crippen molar-refractivity contribution in [1.29, 1.82) is 0 Å². The van der Waals surface area contributed by atoms with Crippen molar-refractivity contribution in [2.24, 2.45) is 5.92 Å². The van der Waals surface area contributed by atoms with Gasteiger partial charge in [-0.2, -0.15) is 0 Å². The molecule has 24 heavy (non-hydrogen) atoms. The third kappa shape index (κ3) is 4.03. The lowest BCUT2D eigenvalue weighted by atomic mass is 9.97. The van der Waals surface area contributed by atoms with Gasteiger partial charge in [-0.1, -0.05) is 11.6 Å². The number of carbonyl (C=O) groups excluding carboxylic acids is 1. The van der Waals surface area contributed by atoms with Gasteiger partial charge in [0.1, 0.15) is 0 Å². The van der Waals surface area contributed by atoms with Gasteiger partial charge in [0, 0.05) is 35.2 Å². The topological polar surface area (TPSA) is 58.1 Å². The van der Waals surface area contributed by atoms with Crippen LogP contribution in [-0.2, 0) is 4.79 Å². The van der Waals surface area contributed by atoms with Gasteiger partial charge in [-0.25, -0.2) is 9.97 Å². The lowest BCUT2D eigenvalue weighted by Crippen LogP contribution is -2.41. The minimum atomic E-state index is -0.0705. The second kappa shape index (κ2) is 7.18. The van der Waals surface area contributed by atoms with Gasteiger partial charge in [-0.3, -0.25) is 4.79 Å². The van der Waals surface area contributed by atoms with Gasteiger partial charge < -0.3 is 10.2 Å². The molecule has 1 aromatic carbocycles. The van der Waals surface area contributed by atoms with Crippen molar-refractivity contribution < 1.29 is 4.79 Å². The fourth-order valence-electron chi connectivity index (χ4n) is 3.00. The van der Waals surface area contributed by atoms with Crippen LogP contribution in [0.3, 0.4) is 0 Å². The summed E-state index contributed by atoms with van der Waals surface area (Å²) in [5.41, 5.74) is 2.67. The predicted octanol–water partition coefficient (Wildman–Crippen LogP) is 3.60. The van der Waals surface area contributed by atoms with Crippen molar-refractivity contribution in [3.05, 3.63) is 46.7 Å². The number of aromatic nitrogens is 2. The van der Waals surface area contributed by atoms with E-state index in [2.05, 4.69) is 20.2 Å². The van der Waals surface area contributed by atoms with Crippen LogP contribution in [0, 0.1) is 19.8 Å². The third-order valence-corrected chi connectivity index (χ3v) is 4.41. The Morgan fingerprint density at radius 1 is 1.21 bits per heavy atom. The van der Waals surface area contributed by atoms with E-state index in [4.69, 9.17) is 11.6 Å². The number of benzene rings is 1. The van der Waals surface area contributed by atoms with Gasteiger partial charge in [0.15, 0.2) is 0 Å². The molecule has 1 aliphatic rings. The number of carbonyl (C=O) groups is 1. The molecule has 3 rings (SSSR count). The Morgan fingerprint density at radius 3 is 2.54 bits per heavy atom. The number of anilines is 2. The highest BCUT2D eigenvalue weighted by atomic mass is 35.5. The zero-order valence-electron chi connectivity index (χ0n) is 13.9. The van der Waals surface area contributed by atoms with Crippen molar-refractivity contribution in [2.75, 3.05) is 23.3 Å². The van der Waals surface area contributed by atoms with Gasteiger partial charge in [0.2, 0.25) is 11.9 Å². The Labute approximate surface area is 147 Å². The largest absolute Gasteiger partial charge is 0.340 e. The third-order valence-electron chi connectivity index (χ3n) is 4.16. The number of hydrogen-bond donors (Lipinski definition) is 1. The van der Waals surface area contributed by atoms with E-state index >= 15 is 0 Å². The lowest BCUT2D eigenvalue weighted by Gasteiger charge is -2.32. The zero-order chi connectivity index (χ0) is 17.1. The smallest absolute Gasteiger partial charge is 0.229 e.